The van der Waals surface area contributed by atoms with Crippen molar-refractivity contribution in [3.05, 3.63) is 79.6 Å². The predicted molar refractivity (Wildman–Crippen MR) is 105 cm³/mol. The minimum Gasteiger partial charge on any atom is -0.450 e. The van der Waals surface area contributed by atoms with E-state index in [0.717, 1.165) is 0 Å². The second-order valence-electron chi connectivity index (χ2n) is 5.96. The third-order valence-electron chi connectivity index (χ3n) is 3.81. The molecule has 134 valence electrons. The fourth-order valence-corrected chi connectivity index (χ4v) is 2.80. The van der Waals surface area contributed by atoms with Gasteiger partial charge in [-0.25, -0.2) is 0 Å². The van der Waals surface area contributed by atoms with Gasteiger partial charge in [-0.3, -0.25) is 4.79 Å². The molecule has 3 rings (SSSR count). The van der Waals surface area contributed by atoms with Gasteiger partial charge in [-0.1, -0.05) is 60.8 Å². The Hall–Kier alpha value is -2.01. The van der Waals surface area contributed by atoms with Gasteiger partial charge in [-0.2, -0.15) is 9.78 Å². The molecule has 26 heavy (non-hydrogen) atoms. The average Bonchev–Trinajstić information content (AvgIpc) is 2.62. The van der Waals surface area contributed by atoms with Gasteiger partial charge in [0.1, 0.15) is 10.8 Å². The fraction of sp³-hybridized carbons (Fsp3) is 0.158. The number of ether oxygens (including phenoxy) is 1. The van der Waals surface area contributed by atoms with Crippen LogP contribution in [0, 0.1) is 0 Å². The van der Waals surface area contributed by atoms with Crippen molar-refractivity contribution in [1.82, 2.24) is 9.78 Å². The summed E-state index contributed by atoms with van der Waals surface area (Å²) in [4.78, 5) is 12.8. The van der Waals surface area contributed by atoms with Crippen LogP contribution in [0.1, 0.15) is 25.3 Å². The molecular formula is C19H15Cl3N2O2. The summed E-state index contributed by atoms with van der Waals surface area (Å²) in [6.07, 6.45) is 1.37. The minimum atomic E-state index is -0.471. The van der Waals surface area contributed by atoms with Crippen molar-refractivity contribution >= 4 is 34.8 Å². The molecule has 0 radical (unpaired) electrons. The number of hydrogen-bond donors (Lipinski definition) is 0. The van der Waals surface area contributed by atoms with E-state index in [1.54, 1.807) is 12.1 Å². The molecular weight excluding hydrogens is 395 g/mol. The van der Waals surface area contributed by atoms with Crippen molar-refractivity contribution in [2.24, 2.45) is 0 Å². The Morgan fingerprint density at radius 3 is 2.27 bits per heavy atom. The second-order valence-corrected chi connectivity index (χ2v) is 7.18. The lowest BCUT2D eigenvalue weighted by atomic mass is 10.0. The molecule has 0 saturated carbocycles. The van der Waals surface area contributed by atoms with Gasteiger partial charge in [0.25, 0.3) is 0 Å². The number of nitrogens with zero attached hydrogens (tertiary/aromatic N) is 2. The third-order valence-corrected chi connectivity index (χ3v) is 4.81. The van der Waals surface area contributed by atoms with Crippen LogP contribution in [0.15, 0.2) is 53.5 Å². The monoisotopic (exact) mass is 408 g/mol. The first kappa shape index (κ1) is 18.8. The largest absolute Gasteiger partial charge is 0.450 e. The zero-order valence-electron chi connectivity index (χ0n) is 14.0. The highest BCUT2D eigenvalue weighted by Crippen LogP contribution is 2.30. The maximum absolute atomic E-state index is 12.8. The Labute approximate surface area is 165 Å². The molecule has 0 saturated heterocycles. The molecule has 0 unspecified atom stereocenters. The van der Waals surface area contributed by atoms with Gasteiger partial charge in [0.05, 0.1) is 21.9 Å². The zero-order chi connectivity index (χ0) is 18.8. The van der Waals surface area contributed by atoms with Crippen LogP contribution in [-0.4, -0.2) is 9.78 Å². The van der Waals surface area contributed by atoms with Gasteiger partial charge in [0, 0.05) is 6.07 Å². The lowest BCUT2D eigenvalue weighted by Crippen LogP contribution is -2.22. The van der Waals surface area contributed by atoms with E-state index in [1.165, 1.54) is 22.5 Å². The molecule has 1 aromatic heterocycles. The topological polar surface area (TPSA) is 44.1 Å². The van der Waals surface area contributed by atoms with Crippen LogP contribution < -0.4 is 10.3 Å². The Morgan fingerprint density at radius 2 is 1.65 bits per heavy atom. The van der Waals surface area contributed by atoms with Crippen LogP contribution in [0.4, 0.5) is 0 Å². The summed E-state index contributed by atoms with van der Waals surface area (Å²) < 4.78 is 6.89. The van der Waals surface area contributed by atoms with Crippen molar-refractivity contribution in [2.45, 2.75) is 19.8 Å². The van der Waals surface area contributed by atoms with E-state index >= 15 is 0 Å². The van der Waals surface area contributed by atoms with Crippen LogP contribution in [0.25, 0.3) is 5.69 Å². The molecule has 0 spiro atoms. The van der Waals surface area contributed by atoms with Gasteiger partial charge in [-0.15, -0.1) is 0 Å². The van der Waals surface area contributed by atoms with Crippen LogP contribution >= 0.6 is 34.8 Å². The van der Waals surface area contributed by atoms with Crippen molar-refractivity contribution < 1.29 is 4.74 Å². The first-order valence-corrected chi connectivity index (χ1v) is 9.01. The molecule has 7 heteroatoms. The van der Waals surface area contributed by atoms with Crippen molar-refractivity contribution in [2.75, 3.05) is 0 Å². The summed E-state index contributed by atoms with van der Waals surface area (Å²) in [5.41, 5.74) is 1.32. The number of aromatic nitrogens is 2. The zero-order valence-corrected chi connectivity index (χ0v) is 16.3. The molecule has 0 bridgehead atoms. The van der Waals surface area contributed by atoms with E-state index < -0.39 is 5.56 Å². The fourth-order valence-electron chi connectivity index (χ4n) is 2.35. The summed E-state index contributed by atoms with van der Waals surface area (Å²) in [5, 5.41) is 4.92. The van der Waals surface area contributed by atoms with Crippen LogP contribution in [0.2, 0.25) is 15.1 Å². The van der Waals surface area contributed by atoms with Gasteiger partial charge in [0.2, 0.25) is 5.75 Å². The molecule has 0 atom stereocenters. The van der Waals surface area contributed by atoms with E-state index in [2.05, 4.69) is 18.9 Å². The van der Waals surface area contributed by atoms with Crippen molar-refractivity contribution in [3.8, 4) is 17.2 Å². The van der Waals surface area contributed by atoms with E-state index in [0.29, 0.717) is 27.4 Å². The van der Waals surface area contributed by atoms with Crippen LogP contribution in [0.3, 0.4) is 0 Å². The normalized spacial score (nSPS) is 11.0. The maximum atomic E-state index is 12.8. The predicted octanol–water partition coefficient (Wildman–Crippen LogP) is 6.11. The molecule has 0 aliphatic rings. The van der Waals surface area contributed by atoms with Crippen molar-refractivity contribution in [1.29, 1.82) is 0 Å². The molecule has 4 nitrogen and oxygen atoms in total. The Bertz CT molecular complexity index is 999. The molecule has 3 aromatic rings. The molecule has 0 N–H and O–H groups in total. The van der Waals surface area contributed by atoms with Crippen LogP contribution in [-0.2, 0) is 0 Å². The highest BCUT2D eigenvalue weighted by atomic mass is 35.5. The summed E-state index contributed by atoms with van der Waals surface area (Å²) in [6.45, 7) is 4.20. The highest BCUT2D eigenvalue weighted by molar-refractivity contribution is 6.42. The number of hydrogen-bond acceptors (Lipinski definition) is 3. The standard InChI is InChI=1S/C19H15Cl3N2O2/c1-11(2)12-3-5-13(6-4-12)24-19(25)18(17(22)10-23-24)26-14-7-8-15(20)16(21)9-14/h3-11H,1-2H3. The molecule has 0 aliphatic carbocycles. The maximum Gasteiger partial charge on any atom is 0.316 e. The molecule has 0 aliphatic heterocycles. The van der Waals surface area contributed by atoms with Gasteiger partial charge >= 0.3 is 5.56 Å². The molecule has 2 aromatic carbocycles. The SMILES string of the molecule is CC(C)c1ccc(-n2ncc(Cl)c(Oc3ccc(Cl)c(Cl)c3)c2=O)cc1. The summed E-state index contributed by atoms with van der Waals surface area (Å²) in [5.74, 6) is 0.715. The van der Waals surface area contributed by atoms with E-state index in [4.69, 9.17) is 39.5 Å². The summed E-state index contributed by atoms with van der Waals surface area (Å²) in [6, 6.07) is 12.3. The first-order chi connectivity index (χ1) is 12.4. The minimum absolute atomic E-state index is 0.0343. The second kappa shape index (κ2) is 7.70. The lowest BCUT2D eigenvalue weighted by molar-refractivity contribution is 0.468. The number of halogens is 3. The van der Waals surface area contributed by atoms with Crippen molar-refractivity contribution in [3.63, 3.8) is 0 Å². The Kier molecular flexibility index (Phi) is 5.56. The van der Waals surface area contributed by atoms with E-state index in [9.17, 15) is 4.79 Å². The van der Waals surface area contributed by atoms with E-state index in [-0.39, 0.29) is 10.8 Å². The van der Waals surface area contributed by atoms with E-state index in [1.807, 2.05) is 24.3 Å². The first-order valence-electron chi connectivity index (χ1n) is 7.88. The number of rotatable bonds is 4. The number of benzene rings is 2. The smallest absolute Gasteiger partial charge is 0.316 e. The Morgan fingerprint density at radius 1 is 0.962 bits per heavy atom. The quantitative estimate of drug-likeness (QED) is 0.522. The third kappa shape index (κ3) is 3.88. The lowest BCUT2D eigenvalue weighted by Gasteiger charge is -2.11. The molecule has 0 amide bonds. The summed E-state index contributed by atoms with van der Waals surface area (Å²) in [7, 11) is 0. The Balaban J connectivity index is 2.00. The van der Waals surface area contributed by atoms with Gasteiger partial charge in [-0.05, 0) is 35.7 Å². The average molecular weight is 410 g/mol. The van der Waals surface area contributed by atoms with Gasteiger partial charge < -0.3 is 4.74 Å². The molecule has 0 fully saturated rings. The highest BCUT2D eigenvalue weighted by Gasteiger charge is 2.15. The summed E-state index contributed by atoms with van der Waals surface area (Å²) >= 11 is 18.0. The van der Waals surface area contributed by atoms with Gasteiger partial charge in [0.15, 0.2) is 0 Å². The van der Waals surface area contributed by atoms with Crippen LogP contribution in [0.5, 0.6) is 11.5 Å². The molecule has 1 heterocycles.